The summed E-state index contributed by atoms with van der Waals surface area (Å²) in [6.45, 7) is 3.56. The smallest absolute Gasteiger partial charge is 0.294 e. The monoisotopic (exact) mass is 268 g/mol. The first-order valence-electron chi connectivity index (χ1n) is 3.99. The van der Waals surface area contributed by atoms with E-state index in [1.165, 1.54) is 6.07 Å². The topological polar surface area (TPSA) is 72.2 Å². The number of carbonyl (C=O) groups excluding carboxylic acids is 1. The molecule has 1 heterocycles. The van der Waals surface area contributed by atoms with Crippen molar-refractivity contribution >= 4 is 38.8 Å². The average Bonchev–Trinajstić information content (AvgIpc) is 2.43. The summed E-state index contributed by atoms with van der Waals surface area (Å²) in [6.07, 6.45) is 0. The molecule has 1 aliphatic rings. The van der Waals surface area contributed by atoms with Gasteiger partial charge >= 0.3 is 0 Å². The van der Waals surface area contributed by atoms with Gasteiger partial charge < -0.3 is 5.32 Å². The number of nitrogens with zero attached hydrogens (tertiary/aromatic N) is 1. The Hall–Kier alpha value is -1.69. The quantitative estimate of drug-likeness (QED) is 0.483. The van der Waals surface area contributed by atoms with Crippen molar-refractivity contribution in [3.63, 3.8) is 0 Å². The van der Waals surface area contributed by atoms with Crippen molar-refractivity contribution in [2.24, 2.45) is 0 Å². The minimum atomic E-state index is -0.539. The summed E-state index contributed by atoms with van der Waals surface area (Å²) in [4.78, 5) is 21.5. The molecule has 0 unspecified atom stereocenters. The van der Waals surface area contributed by atoms with E-state index in [2.05, 4.69) is 27.8 Å². The Kier molecular flexibility index (Phi) is 2.08. The number of fused-ring (bicyclic) bond motifs is 1. The van der Waals surface area contributed by atoms with Gasteiger partial charge in [-0.3, -0.25) is 14.9 Å². The summed E-state index contributed by atoms with van der Waals surface area (Å²) >= 11 is 3.15. The van der Waals surface area contributed by atoms with Crippen LogP contribution in [0.1, 0.15) is 5.56 Å². The van der Waals surface area contributed by atoms with Gasteiger partial charge in [-0.25, -0.2) is 0 Å². The number of rotatable bonds is 1. The maximum absolute atomic E-state index is 11.3. The first-order valence-corrected chi connectivity index (χ1v) is 4.78. The zero-order chi connectivity index (χ0) is 11.2. The molecule has 0 saturated carbocycles. The van der Waals surface area contributed by atoms with Crippen LogP contribution in [0.2, 0.25) is 0 Å². The Morgan fingerprint density at radius 1 is 1.47 bits per heavy atom. The number of nitro benzene ring substituents is 1. The van der Waals surface area contributed by atoms with Crippen LogP contribution in [-0.2, 0) is 4.79 Å². The largest absolute Gasteiger partial charge is 0.316 e. The third-order valence-corrected chi connectivity index (χ3v) is 2.57. The number of hydrogen-bond acceptors (Lipinski definition) is 3. The molecule has 0 fully saturated rings. The Morgan fingerprint density at radius 3 is 2.73 bits per heavy atom. The standard InChI is InChI=1S/C9H5BrN2O3/c1-4-6-2-5(10)3-7(12(14)15)8(6)11-9(4)13/h2-3H,1H2,(H,11,13). The third-order valence-electron chi connectivity index (χ3n) is 2.12. The number of nitro groups is 1. The fraction of sp³-hybridized carbons (Fsp3) is 0. The minimum absolute atomic E-state index is 0.133. The van der Waals surface area contributed by atoms with Gasteiger partial charge in [-0.15, -0.1) is 0 Å². The molecule has 6 heteroatoms. The number of amides is 1. The lowest BCUT2D eigenvalue weighted by Crippen LogP contribution is -2.04. The maximum atomic E-state index is 11.3. The number of anilines is 1. The lowest BCUT2D eigenvalue weighted by molar-refractivity contribution is -0.384. The lowest BCUT2D eigenvalue weighted by atomic mass is 10.1. The van der Waals surface area contributed by atoms with Crippen molar-refractivity contribution in [2.45, 2.75) is 0 Å². The van der Waals surface area contributed by atoms with Gasteiger partial charge in [-0.05, 0) is 6.07 Å². The van der Waals surface area contributed by atoms with E-state index in [0.29, 0.717) is 10.0 Å². The van der Waals surface area contributed by atoms with Gasteiger partial charge in [-0.1, -0.05) is 22.5 Å². The van der Waals surface area contributed by atoms with Crippen LogP contribution >= 0.6 is 15.9 Å². The van der Waals surface area contributed by atoms with Crippen LogP contribution in [0, 0.1) is 10.1 Å². The molecule has 0 aromatic heterocycles. The molecule has 0 spiro atoms. The summed E-state index contributed by atoms with van der Waals surface area (Å²) in [7, 11) is 0. The van der Waals surface area contributed by atoms with E-state index in [1.54, 1.807) is 6.07 Å². The van der Waals surface area contributed by atoms with Crippen molar-refractivity contribution in [3.05, 3.63) is 38.9 Å². The SMILES string of the molecule is C=C1C(=O)Nc2c1cc(Br)cc2[N+](=O)[O-]. The van der Waals surface area contributed by atoms with Gasteiger partial charge in [0.15, 0.2) is 0 Å². The highest BCUT2D eigenvalue weighted by Crippen LogP contribution is 2.40. The van der Waals surface area contributed by atoms with E-state index in [0.717, 1.165) is 0 Å². The van der Waals surface area contributed by atoms with Gasteiger partial charge in [0.05, 0.1) is 4.92 Å². The fourth-order valence-corrected chi connectivity index (χ4v) is 1.86. The molecule has 15 heavy (non-hydrogen) atoms. The predicted molar refractivity (Wildman–Crippen MR) is 58.5 cm³/mol. The molecule has 0 atom stereocenters. The van der Waals surface area contributed by atoms with Crippen molar-refractivity contribution in [1.82, 2.24) is 0 Å². The second kappa shape index (κ2) is 3.16. The molecule has 1 aliphatic heterocycles. The van der Waals surface area contributed by atoms with E-state index in [1.807, 2.05) is 0 Å². The molecule has 2 rings (SSSR count). The summed E-state index contributed by atoms with van der Waals surface area (Å²) in [5, 5.41) is 13.2. The van der Waals surface area contributed by atoms with E-state index in [9.17, 15) is 14.9 Å². The molecule has 1 amide bonds. The van der Waals surface area contributed by atoms with Crippen LogP contribution in [0.5, 0.6) is 0 Å². The van der Waals surface area contributed by atoms with Crippen LogP contribution in [0.25, 0.3) is 5.57 Å². The molecule has 0 radical (unpaired) electrons. The van der Waals surface area contributed by atoms with Crippen LogP contribution in [0.15, 0.2) is 23.2 Å². The van der Waals surface area contributed by atoms with E-state index >= 15 is 0 Å². The Morgan fingerprint density at radius 2 is 2.13 bits per heavy atom. The van der Waals surface area contributed by atoms with Crippen molar-refractivity contribution in [2.75, 3.05) is 5.32 Å². The highest BCUT2D eigenvalue weighted by molar-refractivity contribution is 9.10. The highest BCUT2D eigenvalue weighted by Gasteiger charge is 2.30. The molecule has 0 saturated heterocycles. The van der Waals surface area contributed by atoms with Crippen LogP contribution in [-0.4, -0.2) is 10.8 Å². The van der Waals surface area contributed by atoms with Crippen molar-refractivity contribution in [3.8, 4) is 0 Å². The first kappa shape index (κ1) is 9.85. The predicted octanol–water partition coefficient (Wildman–Crippen LogP) is 2.32. The summed E-state index contributed by atoms with van der Waals surface area (Å²) in [6, 6.07) is 2.97. The zero-order valence-corrected chi connectivity index (χ0v) is 9.00. The normalized spacial score (nSPS) is 13.7. The highest BCUT2D eigenvalue weighted by atomic mass is 79.9. The third kappa shape index (κ3) is 1.42. The number of halogens is 1. The molecular formula is C9H5BrN2O3. The molecule has 1 aromatic carbocycles. The second-order valence-corrected chi connectivity index (χ2v) is 3.95. The molecule has 1 aromatic rings. The van der Waals surface area contributed by atoms with E-state index < -0.39 is 10.8 Å². The lowest BCUT2D eigenvalue weighted by Gasteiger charge is -2.00. The molecule has 5 nitrogen and oxygen atoms in total. The van der Waals surface area contributed by atoms with Gasteiger partial charge in [0.25, 0.3) is 11.6 Å². The van der Waals surface area contributed by atoms with E-state index in [4.69, 9.17) is 0 Å². The van der Waals surface area contributed by atoms with E-state index in [-0.39, 0.29) is 16.9 Å². The Labute approximate surface area is 93.1 Å². The van der Waals surface area contributed by atoms with Crippen molar-refractivity contribution < 1.29 is 9.72 Å². The zero-order valence-electron chi connectivity index (χ0n) is 7.41. The average molecular weight is 269 g/mol. The van der Waals surface area contributed by atoms with Crippen molar-refractivity contribution in [1.29, 1.82) is 0 Å². The summed E-state index contributed by atoms with van der Waals surface area (Å²) in [5.41, 5.74) is 0.806. The Balaban J connectivity index is 2.73. The molecule has 0 bridgehead atoms. The number of hydrogen-bond donors (Lipinski definition) is 1. The minimum Gasteiger partial charge on any atom is -0.316 e. The number of carbonyl (C=O) groups is 1. The first-order chi connectivity index (χ1) is 7.00. The molecule has 76 valence electrons. The molecular weight excluding hydrogens is 264 g/mol. The maximum Gasteiger partial charge on any atom is 0.294 e. The second-order valence-electron chi connectivity index (χ2n) is 3.04. The van der Waals surface area contributed by atoms with Crippen LogP contribution in [0.3, 0.4) is 0 Å². The fourth-order valence-electron chi connectivity index (χ4n) is 1.42. The van der Waals surface area contributed by atoms with Gasteiger partial charge in [0, 0.05) is 21.7 Å². The van der Waals surface area contributed by atoms with Gasteiger partial charge in [-0.2, -0.15) is 0 Å². The van der Waals surface area contributed by atoms with Gasteiger partial charge in [0.2, 0.25) is 0 Å². The Bertz CT molecular complexity index is 510. The molecule has 0 aliphatic carbocycles. The number of nitrogens with one attached hydrogen (secondary N) is 1. The number of benzene rings is 1. The van der Waals surface area contributed by atoms with Gasteiger partial charge in [0.1, 0.15) is 5.69 Å². The summed E-state index contributed by atoms with van der Waals surface area (Å²) < 4.78 is 0.547. The summed E-state index contributed by atoms with van der Waals surface area (Å²) in [5.74, 6) is -0.397. The van der Waals surface area contributed by atoms with Crippen LogP contribution in [0.4, 0.5) is 11.4 Å². The van der Waals surface area contributed by atoms with Crippen LogP contribution < -0.4 is 5.32 Å². The molecule has 1 N–H and O–H groups in total.